The van der Waals surface area contributed by atoms with Gasteiger partial charge in [0.05, 0.1) is 7.11 Å². The highest BCUT2D eigenvalue weighted by Crippen LogP contribution is 2.43. The lowest BCUT2D eigenvalue weighted by Gasteiger charge is -2.37. The molecule has 3 rings (SSSR count). The highest BCUT2D eigenvalue weighted by atomic mass is 16.5. The Kier molecular flexibility index (Phi) is 4.94. The number of amides is 2. The van der Waals surface area contributed by atoms with Gasteiger partial charge in [-0.3, -0.25) is 14.5 Å². The molecule has 1 aliphatic rings. The molecule has 1 aliphatic heterocycles. The van der Waals surface area contributed by atoms with Crippen molar-refractivity contribution in [2.75, 3.05) is 19.0 Å². The van der Waals surface area contributed by atoms with E-state index >= 15 is 0 Å². The molecule has 0 saturated heterocycles. The summed E-state index contributed by atoms with van der Waals surface area (Å²) in [6.07, 6.45) is 0.314. The van der Waals surface area contributed by atoms with Crippen molar-refractivity contribution in [1.82, 2.24) is 4.90 Å². The van der Waals surface area contributed by atoms with Crippen molar-refractivity contribution in [1.29, 1.82) is 0 Å². The molecular weight excluding hydrogens is 348 g/mol. The normalized spacial score (nSPS) is 19.1. The monoisotopic (exact) mass is 366 g/mol. The Hall–Kier alpha value is -3.61. The summed E-state index contributed by atoms with van der Waals surface area (Å²) in [4.78, 5) is 37.6. The molecule has 2 N–H and O–H groups in total. The van der Waals surface area contributed by atoms with Gasteiger partial charge in [0.25, 0.3) is 5.91 Å². The maximum absolute atomic E-state index is 12.5. The third-order valence-corrected chi connectivity index (χ3v) is 4.55. The number of imide groups is 1. The van der Waals surface area contributed by atoms with Crippen molar-refractivity contribution < 1.29 is 24.2 Å². The second-order valence-corrected chi connectivity index (χ2v) is 5.94. The fourth-order valence-electron chi connectivity index (χ4n) is 3.28. The maximum Gasteiger partial charge on any atom is 0.340 e. The molecule has 138 valence electrons. The average Bonchev–Trinajstić information content (AvgIpc) is 2.94. The smallest absolute Gasteiger partial charge is 0.340 e. The number of methoxy groups -OCH3 is 1. The van der Waals surface area contributed by atoms with Crippen molar-refractivity contribution >= 4 is 24.0 Å². The van der Waals surface area contributed by atoms with Crippen molar-refractivity contribution in [2.24, 2.45) is 0 Å². The number of para-hydroxylation sites is 1. The Morgan fingerprint density at radius 1 is 1.15 bits per heavy atom. The van der Waals surface area contributed by atoms with Gasteiger partial charge in [0.2, 0.25) is 6.41 Å². The first kappa shape index (κ1) is 18.2. The second kappa shape index (κ2) is 7.33. The number of ether oxygens (including phenoxy) is 1. The number of hydrogen-bond acceptors (Lipinski definition) is 6. The summed E-state index contributed by atoms with van der Waals surface area (Å²) in [5.41, 5.74) is -0.621. The lowest BCUT2D eigenvalue weighted by Crippen LogP contribution is -2.51. The zero-order valence-electron chi connectivity index (χ0n) is 14.6. The average molecular weight is 366 g/mol. The lowest BCUT2D eigenvalue weighted by atomic mass is 9.82. The van der Waals surface area contributed by atoms with Crippen LogP contribution in [-0.4, -0.2) is 41.9 Å². The molecule has 1 heterocycles. The van der Waals surface area contributed by atoms with Crippen LogP contribution in [0.1, 0.15) is 5.56 Å². The first-order valence-corrected chi connectivity index (χ1v) is 8.21. The zero-order valence-corrected chi connectivity index (χ0v) is 14.6. The van der Waals surface area contributed by atoms with Crippen LogP contribution in [-0.2, 0) is 24.7 Å². The molecule has 2 amide bonds. The number of nitrogens with one attached hydrogen (secondary N) is 1. The first-order chi connectivity index (χ1) is 13.1. The highest BCUT2D eigenvalue weighted by molar-refractivity contribution is 6.11. The van der Waals surface area contributed by atoms with Crippen LogP contribution in [0.25, 0.3) is 0 Å². The van der Waals surface area contributed by atoms with E-state index in [4.69, 9.17) is 4.74 Å². The number of aliphatic hydroxyl groups excluding tert-OH is 1. The van der Waals surface area contributed by atoms with Crippen LogP contribution in [0.15, 0.2) is 72.0 Å². The van der Waals surface area contributed by atoms with Gasteiger partial charge in [0.1, 0.15) is 11.1 Å². The molecule has 0 fully saturated rings. The van der Waals surface area contributed by atoms with E-state index in [-0.39, 0.29) is 12.1 Å². The van der Waals surface area contributed by atoms with E-state index in [9.17, 15) is 19.5 Å². The minimum Gasteiger partial charge on any atom is -0.503 e. The summed E-state index contributed by atoms with van der Waals surface area (Å²) in [7, 11) is 1.15. The van der Waals surface area contributed by atoms with Gasteiger partial charge < -0.3 is 15.2 Å². The Labute approximate surface area is 155 Å². The van der Waals surface area contributed by atoms with Crippen LogP contribution in [0.4, 0.5) is 5.69 Å². The highest BCUT2D eigenvalue weighted by Gasteiger charge is 2.56. The number of benzene rings is 2. The minimum atomic E-state index is -1.55. The number of aliphatic hydroxyl groups is 1. The molecule has 0 spiro atoms. The Balaban J connectivity index is 2.19. The van der Waals surface area contributed by atoms with Crippen LogP contribution >= 0.6 is 0 Å². The first-order valence-electron chi connectivity index (χ1n) is 8.21. The zero-order chi connectivity index (χ0) is 19.4. The summed E-state index contributed by atoms with van der Waals surface area (Å²) < 4.78 is 4.80. The number of hydrogen-bond donors (Lipinski definition) is 2. The minimum absolute atomic E-state index is 0.0278. The molecule has 27 heavy (non-hydrogen) atoms. The summed E-state index contributed by atoms with van der Waals surface area (Å²) in [5, 5.41) is 13.5. The molecule has 0 saturated carbocycles. The summed E-state index contributed by atoms with van der Waals surface area (Å²) in [5.74, 6) is -2.64. The molecule has 7 nitrogen and oxygen atoms in total. The van der Waals surface area contributed by atoms with E-state index in [0.717, 1.165) is 17.7 Å². The summed E-state index contributed by atoms with van der Waals surface area (Å²) in [6.45, 7) is -0.0278. The molecule has 0 radical (unpaired) electrons. The van der Waals surface area contributed by atoms with Crippen LogP contribution in [0, 0.1) is 0 Å². The molecule has 2 aromatic rings. The Bertz CT molecular complexity index is 895. The van der Waals surface area contributed by atoms with Crippen LogP contribution in [0.5, 0.6) is 0 Å². The van der Waals surface area contributed by atoms with Gasteiger partial charge in [-0.05, 0) is 17.7 Å². The van der Waals surface area contributed by atoms with E-state index in [0.29, 0.717) is 12.0 Å². The predicted molar refractivity (Wildman–Crippen MR) is 97.6 cm³/mol. The van der Waals surface area contributed by atoms with Gasteiger partial charge >= 0.3 is 5.97 Å². The molecule has 1 atom stereocenters. The van der Waals surface area contributed by atoms with Crippen molar-refractivity contribution in [2.45, 2.75) is 5.54 Å². The van der Waals surface area contributed by atoms with Crippen molar-refractivity contribution in [3.63, 3.8) is 0 Å². The Morgan fingerprint density at radius 3 is 2.30 bits per heavy atom. The van der Waals surface area contributed by atoms with E-state index in [1.807, 2.05) is 30.3 Å². The van der Waals surface area contributed by atoms with Gasteiger partial charge in [-0.15, -0.1) is 0 Å². The number of rotatable bonds is 6. The number of anilines is 1. The fourth-order valence-corrected chi connectivity index (χ4v) is 3.28. The molecule has 2 aromatic carbocycles. The number of carbonyl (C=O) groups excluding carboxylic acids is 3. The van der Waals surface area contributed by atoms with Crippen LogP contribution in [0.2, 0.25) is 0 Å². The topological polar surface area (TPSA) is 95.9 Å². The number of esters is 1. The maximum atomic E-state index is 12.5. The Morgan fingerprint density at radius 2 is 1.74 bits per heavy atom. The van der Waals surface area contributed by atoms with Gasteiger partial charge in [0, 0.05) is 12.2 Å². The van der Waals surface area contributed by atoms with Crippen LogP contribution in [0.3, 0.4) is 0 Å². The van der Waals surface area contributed by atoms with Crippen LogP contribution < -0.4 is 5.32 Å². The van der Waals surface area contributed by atoms with Crippen molar-refractivity contribution in [3.8, 4) is 0 Å². The standard InChI is InChI=1S/C20H18N2O5/c1-27-19(26)16-17(24)18(25)22(13-23)20(16,14-8-4-2-5-9-14)12-21-15-10-6-3-7-11-15/h2-11,13,21,24H,12H2,1H3/t20-/m0/s1. The van der Waals surface area contributed by atoms with Gasteiger partial charge in [0.15, 0.2) is 5.76 Å². The lowest BCUT2D eigenvalue weighted by molar-refractivity contribution is -0.141. The molecule has 0 unspecified atom stereocenters. The third-order valence-electron chi connectivity index (χ3n) is 4.55. The second-order valence-electron chi connectivity index (χ2n) is 5.94. The van der Waals surface area contributed by atoms with E-state index in [1.54, 1.807) is 30.3 Å². The fraction of sp³-hybridized carbons (Fsp3) is 0.150. The number of carbonyl (C=O) groups is 3. The van der Waals surface area contributed by atoms with Gasteiger partial charge in [-0.2, -0.15) is 0 Å². The van der Waals surface area contributed by atoms with E-state index < -0.39 is 23.2 Å². The third kappa shape index (κ3) is 2.93. The molecule has 0 aliphatic carbocycles. The molecule has 7 heteroatoms. The molecule has 0 aromatic heterocycles. The molecule has 0 bridgehead atoms. The summed E-state index contributed by atoms with van der Waals surface area (Å²) >= 11 is 0. The molecular formula is C20H18N2O5. The van der Waals surface area contributed by atoms with Gasteiger partial charge in [-0.1, -0.05) is 48.5 Å². The number of nitrogens with zero attached hydrogens (tertiary/aromatic N) is 1. The quantitative estimate of drug-likeness (QED) is 0.599. The predicted octanol–water partition coefficient (Wildman–Crippen LogP) is 1.98. The van der Waals surface area contributed by atoms with E-state index in [1.165, 1.54) is 0 Å². The van der Waals surface area contributed by atoms with Crippen molar-refractivity contribution in [3.05, 3.63) is 77.6 Å². The largest absolute Gasteiger partial charge is 0.503 e. The van der Waals surface area contributed by atoms with E-state index in [2.05, 4.69) is 5.32 Å². The summed E-state index contributed by atoms with van der Waals surface area (Å²) in [6, 6.07) is 17.7. The van der Waals surface area contributed by atoms with Gasteiger partial charge in [-0.25, -0.2) is 4.79 Å². The SMILES string of the molecule is COC(=O)C1=C(O)C(=O)N(C=O)[C@@]1(CNc1ccccc1)c1ccccc1.